The molecule has 0 bridgehead atoms. The zero-order valence-corrected chi connectivity index (χ0v) is 13.8. The Bertz CT molecular complexity index is 686. The highest BCUT2D eigenvalue weighted by molar-refractivity contribution is 5.75. The van der Waals surface area contributed by atoms with Crippen molar-refractivity contribution in [1.82, 2.24) is 9.88 Å². The molecule has 0 unspecified atom stereocenters. The van der Waals surface area contributed by atoms with Crippen LogP contribution in [0.3, 0.4) is 0 Å². The molecule has 1 aliphatic rings. The monoisotopic (exact) mass is 344 g/mol. The maximum Gasteiger partial charge on any atom is 0.325 e. The molecule has 5 nitrogen and oxygen atoms in total. The second kappa shape index (κ2) is 8.18. The molecule has 0 aliphatic carbocycles. The molecule has 2 aromatic rings. The maximum atomic E-state index is 13.1. The molecule has 1 aromatic heterocycles. The molecule has 6 heteroatoms. The zero-order chi connectivity index (χ0) is 17.6. The second-order valence-electron chi connectivity index (χ2n) is 6.20. The van der Waals surface area contributed by atoms with Crippen molar-refractivity contribution in [3.05, 3.63) is 65.7 Å². The first-order chi connectivity index (χ1) is 12.1. The summed E-state index contributed by atoms with van der Waals surface area (Å²) in [7, 11) is 0. The van der Waals surface area contributed by atoms with Gasteiger partial charge in [-0.3, -0.25) is 14.7 Å². The van der Waals surface area contributed by atoms with Gasteiger partial charge in [0.05, 0.1) is 12.7 Å². The molecule has 1 atom stereocenters. The Morgan fingerprint density at radius 2 is 2.00 bits per heavy atom. The topological polar surface area (TPSA) is 62.7 Å². The minimum atomic E-state index is -0.915. The van der Waals surface area contributed by atoms with Crippen molar-refractivity contribution in [3.63, 3.8) is 0 Å². The molecule has 0 radical (unpaired) electrons. The second-order valence-corrected chi connectivity index (χ2v) is 6.20. The van der Waals surface area contributed by atoms with Crippen LogP contribution in [0.25, 0.3) is 0 Å². The molecule has 0 saturated carbocycles. The number of carbonyl (C=O) groups is 1. The van der Waals surface area contributed by atoms with Crippen LogP contribution in [0.2, 0.25) is 0 Å². The van der Waals surface area contributed by atoms with E-state index in [9.17, 15) is 14.3 Å². The molecule has 1 aliphatic heterocycles. The summed E-state index contributed by atoms with van der Waals surface area (Å²) in [6.07, 6.45) is 5.16. The average Bonchev–Trinajstić information content (AvgIpc) is 2.63. The number of pyridine rings is 1. The van der Waals surface area contributed by atoms with E-state index < -0.39 is 12.0 Å². The van der Waals surface area contributed by atoms with Gasteiger partial charge in [-0.05, 0) is 42.2 Å². The fraction of sp³-hybridized carbons (Fsp3) is 0.368. The van der Waals surface area contributed by atoms with Crippen LogP contribution >= 0.6 is 0 Å². The number of benzene rings is 1. The van der Waals surface area contributed by atoms with Crippen LogP contribution < -0.4 is 0 Å². The fourth-order valence-electron chi connectivity index (χ4n) is 3.15. The predicted octanol–water partition coefficient (Wildman–Crippen LogP) is 3.03. The van der Waals surface area contributed by atoms with Crippen molar-refractivity contribution in [1.29, 1.82) is 0 Å². The summed E-state index contributed by atoms with van der Waals surface area (Å²) >= 11 is 0. The van der Waals surface area contributed by atoms with Crippen LogP contribution in [0.5, 0.6) is 0 Å². The number of halogens is 1. The van der Waals surface area contributed by atoms with Crippen LogP contribution in [0.1, 0.15) is 30.0 Å². The number of aliphatic carboxylic acids is 1. The van der Waals surface area contributed by atoms with Crippen LogP contribution in [0, 0.1) is 5.82 Å². The number of hydrogen-bond acceptors (Lipinski definition) is 4. The molecule has 0 spiro atoms. The lowest BCUT2D eigenvalue weighted by Gasteiger charge is -2.35. The van der Waals surface area contributed by atoms with E-state index in [1.54, 1.807) is 24.5 Å². The number of piperidine rings is 1. The first-order valence-electron chi connectivity index (χ1n) is 8.36. The van der Waals surface area contributed by atoms with E-state index in [2.05, 4.69) is 4.98 Å². The van der Waals surface area contributed by atoms with Gasteiger partial charge >= 0.3 is 5.97 Å². The number of aromatic nitrogens is 1. The number of ether oxygens (including phenoxy) is 1. The van der Waals surface area contributed by atoms with Gasteiger partial charge in [-0.1, -0.05) is 18.2 Å². The Labute approximate surface area is 146 Å². The Balaban J connectivity index is 1.56. The van der Waals surface area contributed by atoms with Gasteiger partial charge in [0.2, 0.25) is 0 Å². The van der Waals surface area contributed by atoms with E-state index in [1.807, 2.05) is 17.0 Å². The molecule has 0 amide bonds. The summed E-state index contributed by atoms with van der Waals surface area (Å²) < 4.78 is 19.0. The summed E-state index contributed by atoms with van der Waals surface area (Å²) in [4.78, 5) is 17.7. The van der Waals surface area contributed by atoms with Crippen LogP contribution in [0.15, 0.2) is 48.8 Å². The summed E-state index contributed by atoms with van der Waals surface area (Å²) in [5.41, 5.74) is 1.63. The van der Waals surface area contributed by atoms with Gasteiger partial charge in [-0.15, -0.1) is 0 Å². The van der Waals surface area contributed by atoms with Gasteiger partial charge in [0.1, 0.15) is 11.9 Å². The lowest BCUT2D eigenvalue weighted by molar-refractivity contribution is -0.145. The normalized spacial score (nSPS) is 17.3. The predicted molar refractivity (Wildman–Crippen MR) is 90.4 cm³/mol. The minimum Gasteiger partial charge on any atom is -0.480 e. The summed E-state index contributed by atoms with van der Waals surface area (Å²) in [6, 6.07) is 8.78. The van der Waals surface area contributed by atoms with E-state index in [1.165, 1.54) is 12.1 Å². The SMILES string of the molecule is O=C(O)[C@@H](c1ccc(F)cc1)N1CCC(OCc2cccnc2)CC1. The highest BCUT2D eigenvalue weighted by Crippen LogP contribution is 2.26. The van der Waals surface area contributed by atoms with E-state index in [0.717, 1.165) is 18.4 Å². The lowest BCUT2D eigenvalue weighted by Crippen LogP contribution is -2.42. The van der Waals surface area contributed by atoms with E-state index in [0.29, 0.717) is 25.3 Å². The first kappa shape index (κ1) is 17.5. The van der Waals surface area contributed by atoms with Crippen LogP contribution in [-0.2, 0) is 16.1 Å². The quantitative estimate of drug-likeness (QED) is 0.873. The number of likely N-dealkylation sites (tertiary alicyclic amines) is 1. The molecule has 25 heavy (non-hydrogen) atoms. The average molecular weight is 344 g/mol. The van der Waals surface area contributed by atoms with Gasteiger partial charge in [0.25, 0.3) is 0 Å². The molecule has 3 rings (SSSR count). The Morgan fingerprint density at radius 1 is 1.28 bits per heavy atom. The summed E-state index contributed by atoms with van der Waals surface area (Å²) in [5, 5.41) is 9.59. The standard InChI is InChI=1S/C19H21FN2O3/c20-16-5-3-15(4-6-16)18(19(23)24)22-10-7-17(8-11-22)25-13-14-2-1-9-21-12-14/h1-6,9,12,17-18H,7-8,10-11,13H2,(H,23,24)/t18-/m1/s1. The Kier molecular flexibility index (Phi) is 5.73. The smallest absolute Gasteiger partial charge is 0.325 e. The number of hydrogen-bond donors (Lipinski definition) is 1. The lowest BCUT2D eigenvalue weighted by atomic mass is 10.0. The molecular weight excluding hydrogens is 323 g/mol. The van der Waals surface area contributed by atoms with Crippen molar-refractivity contribution < 1.29 is 19.0 Å². The maximum absolute atomic E-state index is 13.1. The van der Waals surface area contributed by atoms with Crippen molar-refractivity contribution in [3.8, 4) is 0 Å². The third kappa shape index (κ3) is 4.61. The largest absolute Gasteiger partial charge is 0.480 e. The van der Waals surface area contributed by atoms with Crippen molar-refractivity contribution in [2.45, 2.75) is 31.6 Å². The number of carboxylic acids is 1. The highest BCUT2D eigenvalue weighted by Gasteiger charge is 2.31. The van der Waals surface area contributed by atoms with Gasteiger partial charge in [-0.25, -0.2) is 4.39 Å². The van der Waals surface area contributed by atoms with Crippen molar-refractivity contribution >= 4 is 5.97 Å². The van der Waals surface area contributed by atoms with E-state index in [4.69, 9.17) is 4.74 Å². The molecular formula is C19H21FN2O3. The Hall–Kier alpha value is -2.31. The molecule has 2 heterocycles. The third-order valence-electron chi connectivity index (χ3n) is 4.47. The molecule has 1 N–H and O–H groups in total. The number of carboxylic acid groups (broad SMARTS) is 1. The van der Waals surface area contributed by atoms with Gasteiger partial charge in [-0.2, -0.15) is 0 Å². The zero-order valence-electron chi connectivity index (χ0n) is 13.8. The summed E-state index contributed by atoms with van der Waals surface area (Å²) in [6.45, 7) is 1.77. The first-order valence-corrected chi connectivity index (χ1v) is 8.36. The highest BCUT2D eigenvalue weighted by atomic mass is 19.1. The van der Waals surface area contributed by atoms with E-state index >= 15 is 0 Å². The van der Waals surface area contributed by atoms with Crippen LogP contribution in [-0.4, -0.2) is 40.2 Å². The van der Waals surface area contributed by atoms with Crippen molar-refractivity contribution in [2.24, 2.45) is 0 Å². The Morgan fingerprint density at radius 3 is 2.60 bits per heavy atom. The minimum absolute atomic E-state index is 0.110. The molecule has 1 saturated heterocycles. The number of nitrogens with zero attached hydrogens (tertiary/aromatic N) is 2. The molecule has 132 valence electrons. The van der Waals surface area contributed by atoms with E-state index in [-0.39, 0.29) is 11.9 Å². The molecule has 1 aromatic carbocycles. The van der Waals surface area contributed by atoms with Gasteiger partial charge < -0.3 is 9.84 Å². The van der Waals surface area contributed by atoms with Gasteiger partial charge in [0.15, 0.2) is 0 Å². The summed E-state index contributed by atoms with van der Waals surface area (Å²) in [5.74, 6) is -1.28. The van der Waals surface area contributed by atoms with Crippen molar-refractivity contribution in [2.75, 3.05) is 13.1 Å². The van der Waals surface area contributed by atoms with Crippen LogP contribution in [0.4, 0.5) is 4.39 Å². The third-order valence-corrected chi connectivity index (χ3v) is 4.47. The van der Waals surface area contributed by atoms with Gasteiger partial charge in [0, 0.05) is 25.5 Å². The molecule has 1 fully saturated rings. The fourth-order valence-corrected chi connectivity index (χ4v) is 3.15. The number of rotatable bonds is 6.